The molecule has 0 fully saturated rings. The third kappa shape index (κ3) is 6.85. The van der Waals surface area contributed by atoms with E-state index in [9.17, 15) is 4.79 Å². The fourth-order valence-corrected chi connectivity index (χ4v) is 4.05. The number of halogens is 2. The number of aromatic nitrogens is 4. The first kappa shape index (κ1) is 24.4. The number of amides is 1. The largest absolute Gasteiger partial charge is 0.486 e. The maximum absolute atomic E-state index is 12.7. The van der Waals surface area contributed by atoms with Crippen molar-refractivity contribution in [1.82, 2.24) is 19.7 Å². The van der Waals surface area contributed by atoms with Gasteiger partial charge in [-0.2, -0.15) is 0 Å². The molecule has 2 aromatic heterocycles. The minimum atomic E-state index is -0.451. The molecule has 0 aliphatic heterocycles. The zero-order valence-corrected chi connectivity index (χ0v) is 20.4. The molecule has 1 amide bonds. The minimum absolute atomic E-state index is 0.243. The lowest BCUT2D eigenvalue weighted by molar-refractivity contribution is -0.115. The van der Waals surface area contributed by atoms with Crippen molar-refractivity contribution < 1.29 is 9.53 Å². The van der Waals surface area contributed by atoms with Crippen LogP contribution in [-0.2, 0) is 17.9 Å². The number of benzene rings is 1. The Morgan fingerprint density at radius 3 is 2.62 bits per heavy atom. The van der Waals surface area contributed by atoms with Crippen molar-refractivity contribution in [1.29, 1.82) is 0 Å². The van der Waals surface area contributed by atoms with E-state index in [2.05, 4.69) is 34.3 Å². The van der Waals surface area contributed by atoms with Crippen molar-refractivity contribution in [3.63, 3.8) is 0 Å². The Kier molecular flexibility index (Phi) is 8.78. The molecule has 1 unspecified atom stereocenters. The molecule has 170 valence electrons. The van der Waals surface area contributed by atoms with Crippen LogP contribution in [0.1, 0.15) is 33.0 Å². The number of carbonyl (C=O) groups is 1. The third-order valence-corrected chi connectivity index (χ3v) is 6.11. The molecule has 7 nitrogen and oxygen atoms in total. The summed E-state index contributed by atoms with van der Waals surface area (Å²) in [6.07, 6.45) is 2.39. The van der Waals surface area contributed by atoms with Gasteiger partial charge in [-0.3, -0.25) is 4.79 Å². The Labute approximate surface area is 201 Å². The van der Waals surface area contributed by atoms with Crippen LogP contribution in [0.15, 0.2) is 47.8 Å². The van der Waals surface area contributed by atoms with Gasteiger partial charge in [-0.1, -0.05) is 67.0 Å². The average Bonchev–Trinajstić information content (AvgIpc) is 3.14. The highest BCUT2D eigenvalue weighted by Gasteiger charge is 2.22. The lowest BCUT2D eigenvalue weighted by Crippen LogP contribution is -2.24. The van der Waals surface area contributed by atoms with E-state index in [4.69, 9.17) is 27.9 Å². The van der Waals surface area contributed by atoms with Gasteiger partial charge in [-0.05, 0) is 37.5 Å². The van der Waals surface area contributed by atoms with Gasteiger partial charge in [0.25, 0.3) is 0 Å². The molecule has 32 heavy (non-hydrogen) atoms. The van der Waals surface area contributed by atoms with Crippen LogP contribution in [0.25, 0.3) is 0 Å². The molecule has 1 N–H and O–H groups in total. The number of thioether (sulfide) groups is 1. The molecule has 3 rings (SSSR count). The zero-order valence-electron chi connectivity index (χ0n) is 18.1. The first-order chi connectivity index (χ1) is 15.3. The molecule has 10 heteroatoms. The molecule has 2 heterocycles. The molecule has 0 radical (unpaired) electrons. The lowest BCUT2D eigenvalue weighted by atomic mass is 10.1. The Balaban J connectivity index is 1.70. The summed E-state index contributed by atoms with van der Waals surface area (Å²) >= 11 is 13.3. The van der Waals surface area contributed by atoms with E-state index < -0.39 is 5.25 Å². The van der Waals surface area contributed by atoms with Crippen LogP contribution in [0, 0.1) is 5.92 Å². The van der Waals surface area contributed by atoms with Crippen molar-refractivity contribution in [3.05, 3.63) is 58.5 Å². The van der Waals surface area contributed by atoms with E-state index in [-0.39, 0.29) is 16.7 Å². The predicted octanol–water partition coefficient (Wildman–Crippen LogP) is 5.72. The summed E-state index contributed by atoms with van der Waals surface area (Å²) in [4.78, 5) is 16.8. The highest BCUT2D eigenvalue weighted by Crippen LogP contribution is 2.27. The molecule has 3 aromatic rings. The van der Waals surface area contributed by atoms with Crippen molar-refractivity contribution >= 4 is 46.7 Å². The topological polar surface area (TPSA) is 81.9 Å². The molecule has 0 spiro atoms. The van der Waals surface area contributed by atoms with Crippen LogP contribution in [-0.4, -0.2) is 30.9 Å². The number of nitrogens with one attached hydrogen (secondary N) is 1. The number of carbonyl (C=O) groups excluding carboxylic acids is 1. The van der Waals surface area contributed by atoms with Crippen molar-refractivity contribution in [2.24, 2.45) is 5.92 Å². The number of nitrogens with zero attached hydrogens (tertiary/aromatic N) is 4. The van der Waals surface area contributed by atoms with Gasteiger partial charge in [0.2, 0.25) is 5.91 Å². The molecule has 1 aromatic carbocycles. The second-order valence-corrected chi connectivity index (χ2v) is 9.72. The van der Waals surface area contributed by atoms with Gasteiger partial charge in [0.05, 0.1) is 15.3 Å². The smallest absolute Gasteiger partial charge is 0.238 e. The quantitative estimate of drug-likeness (QED) is 0.363. The van der Waals surface area contributed by atoms with E-state index in [1.807, 2.05) is 34.9 Å². The first-order valence-corrected chi connectivity index (χ1v) is 11.9. The summed E-state index contributed by atoms with van der Waals surface area (Å²) in [5, 5.41) is 12.3. The average molecular weight is 494 g/mol. The Hall–Kier alpha value is -2.29. The van der Waals surface area contributed by atoms with Gasteiger partial charge in [0, 0.05) is 12.7 Å². The molecular weight excluding hydrogens is 469 g/mol. The van der Waals surface area contributed by atoms with Crippen molar-refractivity contribution in [2.45, 2.75) is 50.8 Å². The number of rotatable bonds is 10. The van der Waals surface area contributed by atoms with Crippen molar-refractivity contribution in [3.8, 4) is 5.75 Å². The summed E-state index contributed by atoms with van der Waals surface area (Å²) < 4.78 is 7.88. The van der Waals surface area contributed by atoms with Crippen LogP contribution < -0.4 is 10.1 Å². The highest BCUT2D eigenvalue weighted by atomic mass is 35.5. The van der Waals surface area contributed by atoms with Crippen LogP contribution >= 0.6 is 35.0 Å². The Bertz CT molecular complexity index is 1050. The van der Waals surface area contributed by atoms with Gasteiger partial charge in [-0.25, -0.2) is 4.98 Å². The fraction of sp³-hybridized carbons (Fsp3) is 0.364. The maximum Gasteiger partial charge on any atom is 0.238 e. The number of ether oxygens (including phenoxy) is 1. The molecule has 0 aliphatic carbocycles. The van der Waals surface area contributed by atoms with Crippen LogP contribution in [0.4, 0.5) is 5.82 Å². The summed E-state index contributed by atoms with van der Waals surface area (Å²) in [5.41, 5.74) is 0. The molecule has 0 saturated heterocycles. The Morgan fingerprint density at radius 1 is 1.19 bits per heavy atom. The van der Waals surface area contributed by atoms with Crippen LogP contribution in [0.2, 0.25) is 10.0 Å². The zero-order chi connectivity index (χ0) is 23.1. The highest BCUT2D eigenvalue weighted by molar-refractivity contribution is 8.00. The summed E-state index contributed by atoms with van der Waals surface area (Å²) in [7, 11) is 0. The number of anilines is 1. The van der Waals surface area contributed by atoms with E-state index in [0.29, 0.717) is 28.5 Å². The van der Waals surface area contributed by atoms with E-state index in [0.717, 1.165) is 18.7 Å². The van der Waals surface area contributed by atoms with E-state index >= 15 is 0 Å². The second kappa shape index (κ2) is 11.5. The third-order valence-electron chi connectivity index (χ3n) is 4.54. The minimum Gasteiger partial charge on any atom is -0.486 e. The van der Waals surface area contributed by atoms with Gasteiger partial charge < -0.3 is 14.6 Å². The molecule has 1 atom stereocenters. The fourth-order valence-electron chi connectivity index (χ4n) is 2.73. The first-order valence-electron chi connectivity index (χ1n) is 10.2. The van der Waals surface area contributed by atoms with Gasteiger partial charge in [-0.15, -0.1) is 10.2 Å². The summed E-state index contributed by atoms with van der Waals surface area (Å²) in [6.45, 7) is 7.15. The van der Waals surface area contributed by atoms with Crippen molar-refractivity contribution in [2.75, 3.05) is 5.32 Å². The number of para-hydroxylation sites is 1. The van der Waals surface area contributed by atoms with E-state index in [1.165, 1.54) is 24.0 Å². The maximum atomic E-state index is 12.7. The Morgan fingerprint density at radius 2 is 1.94 bits per heavy atom. The molecule has 0 aliphatic rings. The molecule has 0 saturated carbocycles. The summed E-state index contributed by atoms with van der Waals surface area (Å²) in [5.74, 6) is 2.02. The normalized spacial score (nSPS) is 12.1. The van der Waals surface area contributed by atoms with Gasteiger partial charge >= 0.3 is 0 Å². The number of pyridine rings is 1. The van der Waals surface area contributed by atoms with E-state index in [1.54, 1.807) is 6.92 Å². The second-order valence-electron chi connectivity index (χ2n) is 7.57. The van der Waals surface area contributed by atoms with Crippen LogP contribution in [0.3, 0.4) is 0 Å². The lowest BCUT2D eigenvalue weighted by Gasteiger charge is -2.15. The standard InChI is InChI=1S/C22H25Cl2N5O2S/c1-14(2)9-10-29-19(13-31-17-7-5-4-6-8-17)27-28-22(29)32-15(3)21(30)26-20-18(24)11-16(23)12-25-20/h4-8,11-12,14-15H,9-10,13H2,1-3H3,(H,25,26,30). The van der Waals surface area contributed by atoms with Crippen LogP contribution in [0.5, 0.6) is 5.75 Å². The number of hydrogen-bond acceptors (Lipinski definition) is 6. The predicted molar refractivity (Wildman–Crippen MR) is 128 cm³/mol. The summed E-state index contributed by atoms with van der Waals surface area (Å²) in [6, 6.07) is 11.1. The monoisotopic (exact) mass is 493 g/mol. The van der Waals surface area contributed by atoms with Gasteiger partial charge in [0.1, 0.15) is 12.4 Å². The molecular formula is C22H25Cl2N5O2S. The molecule has 0 bridgehead atoms. The number of hydrogen-bond donors (Lipinski definition) is 1. The SMILES string of the molecule is CC(C)CCn1c(COc2ccccc2)nnc1SC(C)C(=O)Nc1ncc(Cl)cc1Cl. The van der Waals surface area contributed by atoms with Gasteiger partial charge in [0.15, 0.2) is 16.8 Å².